The van der Waals surface area contributed by atoms with E-state index in [0.717, 1.165) is 50.2 Å². The van der Waals surface area contributed by atoms with Gasteiger partial charge in [-0.25, -0.2) is 4.98 Å². The molecule has 0 aromatic carbocycles. The van der Waals surface area contributed by atoms with Crippen molar-refractivity contribution in [3.63, 3.8) is 0 Å². The van der Waals surface area contributed by atoms with Gasteiger partial charge in [-0.1, -0.05) is 44.9 Å². The molecule has 2 N–H and O–H groups in total. The van der Waals surface area contributed by atoms with Crippen molar-refractivity contribution >= 4 is 5.82 Å². The first kappa shape index (κ1) is 22.9. The highest BCUT2D eigenvalue weighted by molar-refractivity contribution is 5.44. The van der Waals surface area contributed by atoms with Crippen LogP contribution in [0.1, 0.15) is 80.3 Å². The average Bonchev–Trinajstić information content (AvgIpc) is 2.70. The molecule has 29 heavy (non-hydrogen) atoms. The summed E-state index contributed by atoms with van der Waals surface area (Å²) < 4.78 is 0. The summed E-state index contributed by atoms with van der Waals surface area (Å²) in [6, 6.07) is 8.49. The quantitative estimate of drug-likeness (QED) is 0.294. The van der Waals surface area contributed by atoms with Crippen molar-refractivity contribution in [2.45, 2.75) is 78.1 Å². The molecule has 0 aliphatic heterocycles. The Balaban J connectivity index is 1.75. The number of hydrogen-bond donors (Lipinski definition) is 2. The SMILES string of the molecule is C=C(O)CC(CCCCCCc1ccc(C)c(NCCC)n1)c1ccc(C)nc1. The van der Waals surface area contributed by atoms with Crippen molar-refractivity contribution < 1.29 is 5.11 Å². The minimum Gasteiger partial charge on any atom is -0.513 e. The molecule has 1 unspecified atom stereocenters. The Bertz CT molecular complexity index is 755. The predicted molar refractivity (Wildman–Crippen MR) is 123 cm³/mol. The topological polar surface area (TPSA) is 58.0 Å². The minimum absolute atomic E-state index is 0.258. The van der Waals surface area contributed by atoms with Gasteiger partial charge in [-0.15, -0.1) is 0 Å². The first-order chi connectivity index (χ1) is 14.0. The second-order valence-corrected chi connectivity index (χ2v) is 8.05. The summed E-state index contributed by atoms with van der Waals surface area (Å²) in [5, 5.41) is 13.1. The first-order valence-electron chi connectivity index (χ1n) is 11.0. The van der Waals surface area contributed by atoms with Gasteiger partial charge < -0.3 is 10.4 Å². The van der Waals surface area contributed by atoms with Crippen LogP contribution in [0.25, 0.3) is 0 Å². The second kappa shape index (κ2) is 12.3. The Morgan fingerprint density at radius 2 is 1.90 bits per heavy atom. The van der Waals surface area contributed by atoms with Crippen LogP contribution in [-0.2, 0) is 6.42 Å². The van der Waals surface area contributed by atoms with Crippen LogP contribution in [0.3, 0.4) is 0 Å². The number of pyridine rings is 2. The summed E-state index contributed by atoms with van der Waals surface area (Å²) in [7, 11) is 0. The van der Waals surface area contributed by atoms with E-state index in [1.807, 2.05) is 19.2 Å². The molecule has 0 amide bonds. The van der Waals surface area contributed by atoms with Crippen LogP contribution in [0.15, 0.2) is 42.8 Å². The monoisotopic (exact) mass is 395 g/mol. The molecular weight excluding hydrogens is 358 g/mol. The van der Waals surface area contributed by atoms with E-state index in [4.69, 9.17) is 4.98 Å². The Morgan fingerprint density at radius 1 is 1.10 bits per heavy atom. The van der Waals surface area contributed by atoms with Gasteiger partial charge in [0.1, 0.15) is 5.82 Å². The molecule has 0 bridgehead atoms. The highest BCUT2D eigenvalue weighted by atomic mass is 16.3. The van der Waals surface area contributed by atoms with Gasteiger partial charge in [0.2, 0.25) is 0 Å². The third-order valence-electron chi connectivity index (χ3n) is 5.32. The number of nitrogens with one attached hydrogen (secondary N) is 1. The number of allylic oxidation sites excluding steroid dienone is 1. The highest BCUT2D eigenvalue weighted by Gasteiger charge is 2.13. The van der Waals surface area contributed by atoms with E-state index in [1.54, 1.807) is 0 Å². The summed E-state index contributed by atoms with van der Waals surface area (Å²) in [5.41, 5.74) is 4.61. The number of hydrogen-bond acceptors (Lipinski definition) is 4. The Morgan fingerprint density at radius 3 is 2.59 bits per heavy atom. The number of nitrogens with zero attached hydrogens (tertiary/aromatic N) is 2. The third kappa shape index (κ3) is 8.26. The molecule has 2 aromatic rings. The van der Waals surface area contributed by atoms with Crippen LogP contribution in [0, 0.1) is 13.8 Å². The summed E-state index contributed by atoms with van der Waals surface area (Å²) in [5.74, 6) is 1.59. The van der Waals surface area contributed by atoms with Gasteiger partial charge in [-0.3, -0.25) is 4.98 Å². The molecule has 1 atom stereocenters. The predicted octanol–water partition coefficient (Wildman–Crippen LogP) is 6.65. The lowest BCUT2D eigenvalue weighted by Crippen LogP contribution is -2.05. The summed E-state index contributed by atoms with van der Waals surface area (Å²) in [4.78, 5) is 9.19. The third-order valence-corrected chi connectivity index (χ3v) is 5.32. The molecule has 0 spiro atoms. The zero-order valence-corrected chi connectivity index (χ0v) is 18.4. The molecule has 0 saturated carbocycles. The zero-order chi connectivity index (χ0) is 21.1. The van der Waals surface area contributed by atoms with Gasteiger partial charge in [0.25, 0.3) is 0 Å². The fourth-order valence-electron chi connectivity index (χ4n) is 3.57. The average molecular weight is 396 g/mol. The molecule has 4 heteroatoms. The Labute approximate surface area is 176 Å². The fraction of sp³-hybridized carbons (Fsp3) is 0.520. The van der Waals surface area contributed by atoms with Gasteiger partial charge in [0.05, 0.1) is 5.76 Å². The number of rotatable bonds is 13. The number of anilines is 1. The fourth-order valence-corrected chi connectivity index (χ4v) is 3.57. The lowest BCUT2D eigenvalue weighted by atomic mass is 9.90. The largest absolute Gasteiger partial charge is 0.513 e. The lowest BCUT2D eigenvalue weighted by Gasteiger charge is -2.16. The van der Waals surface area contributed by atoms with Crippen molar-refractivity contribution in [1.29, 1.82) is 0 Å². The standard InChI is InChI=1S/C25H37N3O/c1-5-16-26-25-19(2)12-15-24(28-25)11-9-7-6-8-10-22(17-21(4)29)23-14-13-20(3)27-18-23/h12-15,18,22,29H,4-11,16-17H2,1-3H3,(H,26,28). The van der Waals surface area contributed by atoms with Crippen molar-refractivity contribution in [2.24, 2.45) is 0 Å². The molecular formula is C25H37N3O. The first-order valence-corrected chi connectivity index (χ1v) is 11.0. The molecule has 0 radical (unpaired) electrons. The van der Waals surface area contributed by atoms with E-state index in [2.05, 4.69) is 48.9 Å². The van der Waals surface area contributed by atoms with Crippen LogP contribution in [0.2, 0.25) is 0 Å². The van der Waals surface area contributed by atoms with E-state index >= 15 is 0 Å². The number of unbranched alkanes of at least 4 members (excludes halogenated alkanes) is 3. The summed E-state index contributed by atoms with van der Waals surface area (Å²) in [6.07, 6.45) is 10.4. The minimum atomic E-state index is 0.258. The van der Waals surface area contributed by atoms with Crippen LogP contribution < -0.4 is 5.32 Å². The molecule has 4 nitrogen and oxygen atoms in total. The molecule has 2 heterocycles. The Hall–Kier alpha value is -2.36. The number of aromatic nitrogens is 2. The smallest absolute Gasteiger partial charge is 0.129 e. The summed E-state index contributed by atoms with van der Waals surface area (Å²) >= 11 is 0. The van der Waals surface area contributed by atoms with Gasteiger partial charge in [0.15, 0.2) is 0 Å². The van der Waals surface area contributed by atoms with Crippen LogP contribution >= 0.6 is 0 Å². The van der Waals surface area contributed by atoms with Crippen LogP contribution in [-0.4, -0.2) is 21.6 Å². The maximum atomic E-state index is 9.67. The summed E-state index contributed by atoms with van der Waals surface area (Å²) in [6.45, 7) is 10.9. The number of aliphatic hydroxyl groups excluding tert-OH is 1. The molecule has 0 saturated heterocycles. The molecule has 0 aliphatic rings. The number of aliphatic hydroxyl groups is 1. The van der Waals surface area contributed by atoms with Gasteiger partial charge >= 0.3 is 0 Å². The second-order valence-electron chi connectivity index (χ2n) is 8.05. The maximum Gasteiger partial charge on any atom is 0.129 e. The Kier molecular flexibility index (Phi) is 9.69. The molecule has 0 aliphatic carbocycles. The van der Waals surface area contributed by atoms with Crippen molar-refractivity contribution in [3.8, 4) is 0 Å². The van der Waals surface area contributed by atoms with E-state index in [1.165, 1.54) is 29.7 Å². The highest BCUT2D eigenvalue weighted by Crippen LogP contribution is 2.28. The van der Waals surface area contributed by atoms with Gasteiger partial charge in [0, 0.05) is 30.6 Å². The zero-order valence-electron chi connectivity index (χ0n) is 18.4. The van der Waals surface area contributed by atoms with Crippen molar-refractivity contribution in [2.75, 3.05) is 11.9 Å². The van der Waals surface area contributed by atoms with Crippen LogP contribution in [0.5, 0.6) is 0 Å². The van der Waals surface area contributed by atoms with Gasteiger partial charge in [-0.2, -0.15) is 0 Å². The molecule has 2 rings (SSSR count). The van der Waals surface area contributed by atoms with Crippen molar-refractivity contribution in [3.05, 3.63) is 65.3 Å². The van der Waals surface area contributed by atoms with E-state index < -0.39 is 0 Å². The van der Waals surface area contributed by atoms with Crippen LogP contribution in [0.4, 0.5) is 5.82 Å². The molecule has 2 aromatic heterocycles. The maximum absolute atomic E-state index is 9.67. The number of aryl methyl sites for hydroxylation is 3. The normalized spacial score (nSPS) is 12.0. The van der Waals surface area contributed by atoms with Crippen molar-refractivity contribution in [1.82, 2.24) is 9.97 Å². The molecule has 0 fully saturated rings. The van der Waals surface area contributed by atoms with E-state index in [9.17, 15) is 5.11 Å². The lowest BCUT2D eigenvalue weighted by molar-refractivity contribution is 0.368. The molecule has 158 valence electrons. The van der Waals surface area contributed by atoms with E-state index in [-0.39, 0.29) is 5.76 Å². The van der Waals surface area contributed by atoms with E-state index in [0.29, 0.717) is 12.3 Å². The van der Waals surface area contributed by atoms with Gasteiger partial charge in [-0.05, 0) is 68.7 Å².